The van der Waals surface area contributed by atoms with Gasteiger partial charge in [-0.15, -0.1) is 0 Å². The van der Waals surface area contributed by atoms with E-state index in [1.54, 1.807) is 6.07 Å². The third-order valence-corrected chi connectivity index (χ3v) is 4.87. The number of allylic oxidation sites excluding steroid dienone is 1. The first-order valence-electron chi connectivity index (χ1n) is 8.51. The Bertz CT molecular complexity index is 1160. The average Bonchev–Trinajstić information content (AvgIpc) is 3.00. The molecule has 3 aromatic rings. The minimum atomic E-state index is -1.06. The second-order valence-corrected chi connectivity index (χ2v) is 6.72. The predicted octanol–water partition coefficient (Wildman–Crippen LogP) is 3.50. The molecule has 1 aliphatic carbocycles. The minimum Gasteiger partial charge on any atom is -0.478 e. The Labute approximate surface area is 150 Å². The Hall–Kier alpha value is -3.21. The maximum absolute atomic E-state index is 12.8. The van der Waals surface area contributed by atoms with Crippen molar-refractivity contribution in [1.82, 2.24) is 9.38 Å². The van der Waals surface area contributed by atoms with Gasteiger partial charge in [-0.1, -0.05) is 23.8 Å². The zero-order valence-electron chi connectivity index (χ0n) is 14.6. The normalized spacial score (nSPS) is 14.8. The van der Waals surface area contributed by atoms with Crippen molar-refractivity contribution in [3.05, 3.63) is 80.4 Å². The van der Waals surface area contributed by atoms with Crippen molar-refractivity contribution in [3.63, 3.8) is 0 Å². The zero-order valence-corrected chi connectivity index (χ0v) is 14.6. The number of hydrogen-bond acceptors (Lipinski definition) is 3. The van der Waals surface area contributed by atoms with E-state index in [0.717, 1.165) is 23.3 Å². The number of aryl methyl sites for hydroxylation is 2. The summed E-state index contributed by atoms with van der Waals surface area (Å²) in [4.78, 5) is 28.6. The first-order chi connectivity index (χ1) is 12.4. The lowest BCUT2D eigenvalue weighted by molar-refractivity contribution is 0.0696. The molecule has 4 rings (SSSR count). The van der Waals surface area contributed by atoms with E-state index < -0.39 is 5.97 Å². The predicted molar refractivity (Wildman–Crippen MR) is 101 cm³/mol. The van der Waals surface area contributed by atoms with Crippen LogP contribution in [0.25, 0.3) is 17.3 Å². The van der Waals surface area contributed by atoms with Crippen LogP contribution in [0.3, 0.4) is 0 Å². The first-order valence-corrected chi connectivity index (χ1v) is 8.51. The van der Waals surface area contributed by atoms with E-state index in [1.165, 1.54) is 27.8 Å². The largest absolute Gasteiger partial charge is 0.478 e. The molecule has 1 N–H and O–H groups in total. The number of nitrogens with zero attached hydrogens (tertiary/aromatic N) is 2. The lowest BCUT2D eigenvalue weighted by Gasteiger charge is -2.07. The number of hydrogen-bond donors (Lipinski definition) is 1. The highest BCUT2D eigenvalue weighted by atomic mass is 16.4. The van der Waals surface area contributed by atoms with Gasteiger partial charge in [0.2, 0.25) is 0 Å². The molecule has 0 bridgehead atoms. The van der Waals surface area contributed by atoms with Gasteiger partial charge < -0.3 is 5.11 Å². The molecule has 2 aromatic heterocycles. The molecule has 5 heteroatoms. The highest BCUT2D eigenvalue weighted by Crippen LogP contribution is 2.31. The molecular weight excluding hydrogens is 328 g/mol. The highest BCUT2D eigenvalue weighted by molar-refractivity contribution is 5.88. The molecule has 130 valence electrons. The molecule has 0 amide bonds. The minimum absolute atomic E-state index is 0.0744. The summed E-state index contributed by atoms with van der Waals surface area (Å²) < 4.78 is 1.34. The summed E-state index contributed by atoms with van der Waals surface area (Å²) in [7, 11) is 0. The van der Waals surface area contributed by atoms with E-state index in [9.17, 15) is 9.59 Å². The number of aromatic carboxylic acids is 1. The lowest BCUT2D eigenvalue weighted by atomic mass is 10.0. The molecule has 26 heavy (non-hydrogen) atoms. The van der Waals surface area contributed by atoms with Gasteiger partial charge in [-0.25, -0.2) is 9.78 Å². The van der Waals surface area contributed by atoms with Crippen LogP contribution < -0.4 is 5.56 Å². The molecule has 5 nitrogen and oxygen atoms in total. The SMILES string of the molecule is Cc1ccc(C=C2CCc3c2nc2ccc(C(=O)O)cn2c3=O)c(C)c1. The number of benzene rings is 1. The van der Waals surface area contributed by atoms with Gasteiger partial charge in [0.25, 0.3) is 5.56 Å². The van der Waals surface area contributed by atoms with Crippen LogP contribution in [-0.2, 0) is 6.42 Å². The molecule has 2 heterocycles. The van der Waals surface area contributed by atoms with Gasteiger partial charge in [0.1, 0.15) is 5.65 Å². The molecule has 0 unspecified atom stereocenters. The van der Waals surface area contributed by atoms with Crippen LogP contribution in [0, 0.1) is 13.8 Å². The fraction of sp³-hybridized carbons (Fsp3) is 0.190. The monoisotopic (exact) mass is 346 g/mol. The van der Waals surface area contributed by atoms with Crippen molar-refractivity contribution >= 4 is 23.3 Å². The second kappa shape index (κ2) is 5.95. The number of carboxylic acids is 1. The third kappa shape index (κ3) is 2.62. The van der Waals surface area contributed by atoms with Gasteiger partial charge in [0, 0.05) is 11.8 Å². The molecule has 0 atom stereocenters. The number of carbonyl (C=O) groups is 1. The fourth-order valence-corrected chi connectivity index (χ4v) is 3.49. The number of carboxylic acid groups (broad SMARTS) is 1. The van der Waals surface area contributed by atoms with Crippen LogP contribution in [0.5, 0.6) is 0 Å². The quantitative estimate of drug-likeness (QED) is 0.771. The maximum Gasteiger partial charge on any atom is 0.337 e. The van der Waals surface area contributed by atoms with Gasteiger partial charge in [0.15, 0.2) is 0 Å². The molecule has 0 aliphatic heterocycles. The summed E-state index contributed by atoms with van der Waals surface area (Å²) in [6, 6.07) is 9.35. The molecule has 0 spiro atoms. The van der Waals surface area contributed by atoms with E-state index in [1.807, 2.05) is 0 Å². The molecule has 0 radical (unpaired) electrons. The molecule has 0 saturated heterocycles. The van der Waals surface area contributed by atoms with Crippen LogP contribution >= 0.6 is 0 Å². The smallest absolute Gasteiger partial charge is 0.337 e. The maximum atomic E-state index is 12.8. The van der Waals surface area contributed by atoms with Crippen molar-refractivity contribution in [2.24, 2.45) is 0 Å². The Morgan fingerprint density at radius 3 is 2.73 bits per heavy atom. The fourth-order valence-electron chi connectivity index (χ4n) is 3.49. The summed E-state index contributed by atoms with van der Waals surface area (Å²) in [5, 5.41) is 9.14. The summed E-state index contributed by atoms with van der Waals surface area (Å²) in [5.74, 6) is -1.06. The van der Waals surface area contributed by atoms with Crippen molar-refractivity contribution in [2.45, 2.75) is 26.7 Å². The number of fused-ring (bicyclic) bond motifs is 2. The number of rotatable bonds is 2. The summed E-state index contributed by atoms with van der Waals surface area (Å²) in [6.45, 7) is 4.14. The van der Waals surface area contributed by atoms with Crippen LogP contribution in [0.2, 0.25) is 0 Å². The summed E-state index contributed by atoms with van der Waals surface area (Å²) in [5.41, 5.74) is 6.33. The van der Waals surface area contributed by atoms with Gasteiger partial charge in [-0.3, -0.25) is 9.20 Å². The second-order valence-electron chi connectivity index (χ2n) is 6.72. The Balaban J connectivity index is 1.88. The average molecular weight is 346 g/mol. The number of aromatic nitrogens is 2. The molecular formula is C21H18N2O3. The van der Waals surface area contributed by atoms with Gasteiger partial charge >= 0.3 is 5.97 Å². The van der Waals surface area contributed by atoms with E-state index in [4.69, 9.17) is 5.11 Å². The lowest BCUT2D eigenvalue weighted by Crippen LogP contribution is -2.20. The van der Waals surface area contributed by atoms with Crippen LogP contribution in [0.4, 0.5) is 0 Å². The van der Waals surface area contributed by atoms with Gasteiger partial charge in [-0.2, -0.15) is 0 Å². The highest BCUT2D eigenvalue weighted by Gasteiger charge is 2.23. The Kier molecular flexibility index (Phi) is 3.72. The van der Waals surface area contributed by atoms with E-state index in [2.05, 4.69) is 43.1 Å². The Morgan fingerprint density at radius 2 is 2.00 bits per heavy atom. The van der Waals surface area contributed by atoms with E-state index >= 15 is 0 Å². The van der Waals surface area contributed by atoms with Crippen molar-refractivity contribution < 1.29 is 9.90 Å². The summed E-state index contributed by atoms with van der Waals surface area (Å²) >= 11 is 0. The van der Waals surface area contributed by atoms with Crippen LogP contribution in [0.15, 0.2) is 41.3 Å². The molecule has 0 saturated carbocycles. The molecule has 1 aromatic carbocycles. The topological polar surface area (TPSA) is 71.7 Å². The van der Waals surface area contributed by atoms with Gasteiger partial charge in [-0.05, 0) is 61.6 Å². The van der Waals surface area contributed by atoms with Gasteiger partial charge in [0.05, 0.1) is 11.3 Å². The van der Waals surface area contributed by atoms with E-state index in [-0.39, 0.29) is 11.1 Å². The summed E-state index contributed by atoms with van der Waals surface area (Å²) in [6.07, 6.45) is 4.83. The van der Waals surface area contributed by atoms with Crippen molar-refractivity contribution in [2.75, 3.05) is 0 Å². The third-order valence-electron chi connectivity index (χ3n) is 4.87. The van der Waals surface area contributed by atoms with E-state index in [0.29, 0.717) is 17.6 Å². The van der Waals surface area contributed by atoms with Crippen LogP contribution in [-0.4, -0.2) is 20.5 Å². The van der Waals surface area contributed by atoms with Crippen LogP contribution in [0.1, 0.15) is 44.7 Å². The number of pyridine rings is 1. The zero-order chi connectivity index (χ0) is 18.4. The Morgan fingerprint density at radius 1 is 1.19 bits per heavy atom. The molecule has 1 aliphatic rings. The van der Waals surface area contributed by atoms with Crippen molar-refractivity contribution in [1.29, 1.82) is 0 Å². The first kappa shape index (κ1) is 16.3. The standard InChI is InChI=1S/C21H18N2O3/c1-12-3-4-14(13(2)9-12)10-15-5-7-17-19(15)22-18-8-6-16(21(25)26)11-23(18)20(17)24/h3-4,6,8-11H,5,7H2,1-2H3,(H,25,26). The molecule has 0 fully saturated rings. The van der Waals surface area contributed by atoms with Crippen molar-refractivity contribution in [3.8, 4) is 0 Å².